The van der Waals surface area contributed by atoms with Gasteiger partial charge in [0, 0.05) is 13.2 Å². The Kier molecular flexibility index (Phi) is 4.49. The van der Waals surface area contributed by atoms with Crippen LogP contribution in [0.3, 0.4) is 0 Å². The minimum absolute atomic E-state index is 0.160. The summed E-state index contributed by atoms with van der Waals surface area (Å²) < 4.78 is 0. The number of carbonyl (C=O) groups is 1. The van der Waals surface area contributed by atoms with Crippen LogP contribution in [0, 0.1) is 11.8 Å². The first-order valence-electron chi connectivity index (χ1n) is 6.06. The molecule has 0 bridgehead atoms. The average Bonchev–Trinajstić information content (AvgIpc) is 2.83. The minimum atomic E-state index is 0.160. The Hall–Kier alpha value is -1.20. The summed E-state index contributed by atoms with van der Waals surface area (Å²) in [6.45, 7) is 0.914. The quantitative estimate of drug-likeness (QED) is 0.629. The van der Waals surface area contributed by atoms with Crippen LogP contribution in [0.5, 0.6) is 0 Å². The van der Waals surface area contributed by atoms with E-state index in [0.717, 1.165) is 19.3 Å². The molecule has 98 valence electrons. The topological polar surface area (TPSA) is 75.1 Å². The van der Waals surface area contributed by atoms with E-state index in [1.165, 1.54) is 6.33 Å². The summed E-state index contributed by atoms with van der Waals surface area (Å²) in [4.78, 5) is 18.7. The van der Waals surface area contributed by atoms with Gasteiger partial charge in [-0.05, 0) is 24.7 Å². The maximum atomic E-state index is 10.9. The van der Waals surface area contributed by atoms with Crippen molar-refractivity contribution in [2.45, 2.75) is 19.3 Å². The van der Waals surface area contributed by atoms with Crippen LogP contribution in [0.1, 0.15) is 29.6 Å². The predicted octanol–water partition coefficient (Wildman–Crippen LogP) is 1.76. The number of aldehydes is 1. The molecule has 2 rings (SSSR count). The van der Waals surface area contributed by atoms with Crippen LogP contribution in [0.15, 0.2) is 6.33 Å². The lowest BCUT2D eigenvalue weighted by Crippen LogP contribution is -2.21. The zero-order valence-corrected chi connectivity index (χ0v) is 10.7. The van der Waals surface area contributed by atoms with Crippen LogP contribution in [0.25, 0.3) is 0 Å². The van der Waals surface area contributed by atoms with Crippen molar-refractivity contribution in [2.75, 3.05) is 18.5 Å². The van der Waals surface area contributed by atoms with Crippen molar-refractivity contribution in [1.82, 2.24) is 9.97 Å². The maximum Gasteiger partial charge on any atom is 0.156 e. The summed E-state index contributed by atoms with van der Waals surface area (Å²) in [5.74, 6) is 1.23. The average molecular weight is 270 g/mol. The first kappa shape index (κ1) is 13.2. The fraction of sp³-hybridized carbons (Fsp3) is 0.583. The second-order valence-electron chi connectivity index (χ2n) is 4.56. The van der Waals surface area contributed by atoms with Crippen molar-refractivity contribution in [3.05, 3.63) is 17.0 Å². The zero-order chi connectivity index (χ0) is 13.0. The molecule has 0 spiro atoms. The second kappa shape index (κ2) is 6.11. The van der Waals surface area contributed by atoms with Gasteiger partial charge in [0.15, 0.2) is 6.29 Å². The van der Waals surface area contributed by atoms with E-state index in [4.69, 9.17) is 11.6 Å². The summed E-state index contributed by atoms with van der Waals surface area (Å²) in [6.07, 6.45) is 5.28. The number of carbonyl (C=O) groups excluding carboxylic acids is 1. The molecule has 0 aromatic carbocycles. The van der Waals surface area contributed by atoms with E-state index < -0.39 is 0 Å². The third-order valence-electron chi connectivity index (χ3n) is 3.54. The lowest BCUT2D eigenvalue weighted by Gasteiger charge is -2.18. The van der Waals surface area contributed by atoms with Gasteiger partial charge in [0.2, 0.25) is 0 Å². The van der Waals surface area contributed by atoms with E-state index in [9.17, 15) is 9.90 Å². The van der Waals surface area contributed by atoms with Crippen molar-refractivity contribution < 1.29 is 9.90 Å². The summed E-state index contributed by atoms with van der Waals surface area (Å²) in [5, 5.41) is 12.5. The molecule has 2 N–H and O–H groups in total. The number of anilines is 1. The normalized spacial score (nSPS) is 23.0. The van der Waals surface area contributed by atoms with E-state index in [1.54, 1.807) is 0 Å². The van der Waals surface area contributed by atoms with Crippen LogP contribution in [-0.2, 0) is 0 Å². The third kappa shape index (κ3) is 2.79. The number of aliphatic hydroxyl groups excluding tert-OH is 1. The molecule has 18 heavy (non-hydrogen) atoms. The Labute approximate surface area is 111 Å². The number of rotatable bonds is 5. The van der Waals surface area contributed by atoms with Gasteiger partial charge in [-0.15, -0.1) is 0 Å². The van der Waals surface area contributed by atoms with Gasteiger partial charge in [-0.2, -0.15) is 0 Å². The standard InChI is InChI=1S/C12H16ClN3O2/c13-11-10(6-18)12(16-7-15-11)14-4-8-2-1-3-9(8)5-17/h6-9,17H,1-5H2,(H,14,15,16). The molecular formula is C12H16ClN3O2. The second-order valence-corrected chi connectivity index (χ2v) is 4.92. The molecule has 0 radical (unpaired) electrons. The third-order valence-corrected chi connectivity index (χ3v) is 3.84. The maximum absolute atomic E-state index is 10.9. The number of nitrogens with one attached hydrogen (secondary N) is 1. The van der Waals surface area contributed by atoms with Gasteiger partial charge in [0.05, 0.1) is 5.56 Å². The number of aliphatic hydroxyl groups is 1. The number of hydrogen-bond acceptors (Lipinski definition) is 5. The highest BCUT2D eigenvalue weighted by Crippen LogP contribution is 2.31. The molecule has 5 nitrogen and oxygen atoms in total. The molecular weight excluding hydrogens is 254 g/mol. The molecule has 2 atom stereocenters. The van der Waals surface area contributed by atoms with Crippen LogP contribution in [-0.4, -0.2) is 34.5 Å². The Morgan fingerprint density at radius 1 is 1.44 bits per heavy atom. The van der Waals surface area contributed by atoms with Gasteiger partial charge in [0.25, 0.3) is 0 Å². The van der Waals surface area contributed by atoms with Crippen LogP contribution >= 0.6 is 11.6 Å². The molecule has 0 amide bonds. The Morgan fingerprint density at radius 2 is 2.22 bits per heavy atom. The van der Waals surface area contributed by atoms with Crippen molar-refractivity contribution in [2.24, 2.45) is 11.8 Å². The molecule has 1 heterocycles. The Bertz CT molecular complexity index is 428. The molecule has 0 saturated heterocycles. The number of nitrogens with zero attached hydrogens (tertiary/aromatic N) is 2. The van der Waals surface area contributed by atoms with Crippen molar-refractivity contribution in [3.63, 3.8) is 0 Å². The molecule has 1 fully saturated rings. The smallest absolute Gasteiger partial charge is 0.156 e. The summed E-state index contributed by atoms with van der Waals surface area (Å²) in [7, 11) is 0. The highest BCUT2D eigenvalue weighted by atomic mass is 35.5. The molecule has 2 unspecified atom stereocenters. The highest BCUT2D eigenvalue weighted by Gasteiger charge is 2.26. The lowest BCUT2D eigenvalue weighted by atomic mass is 9.97. The van der Waals surface area contributed by atoms with E-state index in [1.807, 2.05) is 0 Å². The van der Waals surface area contributed by atoms with Crippen LogP contribution < -0.4 is 5.32 Å². The monoisotopic (exact) mass is 269 g/mol. The van der Waals surface area contributed by atoms with Gasteiger partial charge >= 0.3 is 0 Å². The van der Waals surface area contributed by atoms with E-state index in [-0.39, 0.29) is 17.3 Å². The van der Waals surface area contributed by atoms with Crippen molar-refractivity contribution >= 4 is 23.7 Å². The first-order valence-corrected chi connectivity index (χ1v) is 6.44. The molecule has 1 aliphatic carbocycles. The SMILES string of the molecule is O=Cc1c(Cl)ncnc1NCC1CCCC1CO. The molecule has 6 heteroatoms. The van der Waals surface area contributed by atoms with E-state index in [0.29, 0.717) is 30.5 Å². The Balaban J connectivity index is 2.02. The predicted molar refractivity (Wildman–Crippen MR) is 68.8 cm³/mol. The number of halogens is 1. The van der Waals surface area contributed by atoms with E-state index >= 15 is 0 Å². The zero-order valence-electron chi connectivity index (χ0n) is 9.97. The summed E-state index contributed by atoms with van der Waals surface area (Å²) >= 11 is 5.82. The Morgan fingerprint density at radius 3 is 2.94 bits per heavy atom. The molecule has 1 aliphatic rings. The largest absolute Gasteiger partial charge is 0.396 e. The van der Waals surface area contributed by atoms with Gasteiger partial charge in [-0.1, -0.05) is 18.0 Å². The van der Waals surface area contributed by atoms with Gasteiger partial charge in [-0.3, -0.25) is 4.79 Å². The van der Waals surface area contributed by atoms with Gasteiger partial charge in [-0.25, -0.2) is 9.97 Å². The minimum Gasteiger partial charge on any atom is -0.396 e. The molecule has 1 aromatic rings. The fourth-order valence-corrected chi connectivity index (χ4v) is 2.65. The summed E-state index contributed by atoms with van der Waals surface area (Å²) in [5.41, 5.74) is 0.290. The summed E-state index contributed by atoms with van der Waals surface area (Å²) in [6, 6.07) is 0. The van der Waals surface area contributed by atoms with Crippen LogP contribution in [0.2, 0.25) is 5.15 Å². The fourth-order valence-electron chi connectivity index (χ4n) is 2.47. The van der Waals surface area contributed by atoms with Crippen molar-refractivity contribution in [3.8, 4) is 0 Å². The van der Waals surface area contributed by atoms with Crippen LogP contribution in [0.4, 0.5) is 5.82 Å². The molecule has 1 saturated carbocycles. The van der Waals surface area contributed by atoms with Gasteiger partial charge in [0.1, 0.15) is 17.3 Å². The van der Waals surface area contributed by atoms with E-state index in [2.05, 4.69) is 15.3 Å². The number of hydrogen-bond donors (Lipinski definition) is 2. The number of aromatic nitrogens is 2. The first-order chi connectivity index (χ1) is 8.76. The molecule has 0 aliphatic heterocycles. The highest BCUT2D eigenvalue weighted by molar-refractivity contribution is 6.32. The molecule has 1 aromatic heterocycles. The lowest BCUT2D eigenvalue weighted by molar-refractivity contribution is 0.112. The van der Waals surface area contributed by atoms with Gasteiger partial charge < -0.3 is 10.4 Å². The van der Waals surface area contributed by atoms with Crippen molar-refractivity contribution in [1.29, 1.82) is 0 Å².